The molecule has 0 spiro atoms. The van der Waals surface area contributed by atoms with Crippen LogP contribution in [-0.4, -0.2) is 44.0 Å². The highest BCUT2D eigenvalue weighted by molar-refractivity contribution is 6.34. The summed E-state index contributed by atoms with van der Waals surface area (Å²) in [5, 5.41) is 8.05. The quantitative estimate of drug-likeness (QED) is 0.0769. The lowest BCUT2D eigenvalue weighted by atomic mass is 10.3. The monoisotopic (exact) mass is 750 g/mol. The second kappa shape index (κ2) is 14.8. The minimum Gasteiger partial charge on any atom is -0.441 e. The van der Waals surface area contributed by atoms with Crippen molar-refractivity contribution in [3.8, 4) is 0 Å². The van der Waals surface area contributed by atoms with Gasteiger partial charge in [-0.2, -0.15) is 31.3 Å². The van der Waals surface area contributed by atoms with Crippen LogP contribution in [0.2, 0.25) is 15.3 Å². The molecule has 5 N–H and O–H groups in total. The molecule has 21 heteroatoms. The zero-order valence-corrected chi connectivity index (χ0v) is 27.7. The number of alkyl halides is 6. The number of aromatic nitrogens is 6. The summed E-state index contributed by atoms with van der Waals surface area (Å²) in [4.78, 5) is 22.4. The molecule has 0 aliphatic heterocycles. The van der Waals surface area contributed by atoms with Crippen molar-refractivity contribution >= 4 is 86.0 Å². The minimum absolute atomic E-state index is 0.0335. The van der Waals surface area contributed by atoms with Crippen LogP contribution in [0.15, 0.2) is 45.5 Å². The Kier molecular flexibility index (Phi) is 11.1. The van der Waals surface area contributed by atoms with Gasteiger partial charge < -0.3 is 30.5 Å². The standard InChI is InChI=1S/C14H11ClF3N5O.C8H7ClN2O.C6H5ClF3N3/c1-6-21-10-4-9(8(15)3-11(10)24-6)22-13-20-5-7(14(16,17)18)12(19-2)23-13;1-4-11-7-3-6(10)5(9)2-8(7)12-4;1-11-4-3(6(8,9)10)2-12-5(7)13-4/h3-5H,1-2H3,(H2,19,20,22,23);2-3H,10H2,1H3;2H,1H3,(H,11,12,13). The number of anilines is 5. The van der Waals surface area contributed by atoms with E-state index in [-0.39, 0.29) is 22.9 Å². The van der Waals surface area contributed by atoms with Gasteiger partial charge in [-0.25, -0.2) is 24.9 Å². The zero-order valence-electron chi connectivity index (χ0n) is 25.4. The molecule has 6 aromatic rings. The number of aryl methyl sites for hydroxylation is 2. The largest absolute Gasteiger partial charge is 0.441 e. The van der Waals surface area contributed by atoms with E-state index in [2.05, 4.69) is 45.9 Å². The molecular weight excluding hydrogens is 729 g/mol. The number of hydrogen-bond donors (Lipinski definition) is 4. The van der Waals surface area contributed by atoms with Crippen LogP contribution in [0.1, 0.15) is 22.9 Å². The van der Waals surface area contributed by atoms with E-state index >= 15 is 0 Å². The number of halogens is 9. The van der Waals surface area contributed by atoms with Gasteiger partial charge in [0.15, 0.2) is 22.9 Å². The molecule has 12 nitrogen and oxygen atoms in total. The highest BCUT2D eigenvalue weighted by Gasteiger charge is 2.35. The first kappa shape index (κ1) is 37.0. The van der Waals surface area contributed by atoms with Gasteiger partial charge in [0.2, 0.25) is 11.2 Å². The summed E-state index contributed by atoms with van der Waals surface area (Å²) >= 11 is 17.2. The number of nitrogen functional groups attached to an aromatic ring is 1. The molecule has 4 aromatic heterocycles. The average Bonchev–Trinajstić information content (AvgIpc) is 3.55. The average molecular weight is 752 g/mol. The Labute approximate surface area is 287 Å². The number of nitrogens with one attached hydrogen (secondary N) is 3. The van der Waals surface area contributed by atoms with Crippen molar-refractivity contribution < 1.29 is 35.2 Å². The second-order valence-corrected chi connectivity index (χ2v) is 10.7. The first-order valence-corrected chi connectivity index (χ1v) is 14.6. The fourth-order valence-electron chi connectivity index (χ4n) is 3.96. The fourth-order valence-corrected chi connectivity index (χ4v) is 4.45. The summed E-state index contributed by atoms with van der Waals surface area (Å²) in [6.07, 6.45) is -7.68. The lowest BCUT2D eigenvalue weighted by molar-refractivity contribution is -0.138. The first-order valence-electron chi connectivity index (χ1n) is 13.4. The summed E-state index contributed by atoms with van der Waals surface area (Å²) in [6, 6.07) is 6.54. The molecule has 0 aliphatic carbocycles. The molecule has 2 aromatic carbocycles. The number of oxazole rings is 2. The van der Waals surface area contributed by atoms with E-state index in [4.69, 9.17) is 49.4 Å². The van der Waals surface area contributed by atoms with Crippen molar-refractivity contribution in [3.05, 3.63) is 74.9 Å². The fraction of sp³-hybridized carbons (Fsp3) is 0.214. The molecule has 0 amide bonds. The van der Waals surface area contributed by atoms with Crippen LogP contribution < -0.4 is 21.7 Å². The Balaban J connectivity index is 0.000000182. The Morgan fingerprint density at radius 2 is 1.16 bits per heavy atom. The Morgan fingerprint density at radius 1 is 0.673 bits per heavy atom. The van der Waals surface area contributed by atoms with Gasteiger partial charge in [0.25, 0.3) is 0 Å². The number of benzene rings is 2. The van der Waals surface area contributed by atoms with Gasteiger partial charge in [-0.05, 0) is 23.7 Å². The third-order valence-electron chi connectivity index (χ3n) is 6.08. The van der Waals surface area contributed by atoms with Crippen LogP contribution in [-0.2, 0) is 12.4 Å². The van der Waals surface area contributed by atoms with E-state index < -0.39 is 23.5 Å². The molecule has 0 aliphatic rings. The van der Waals surface area contributed by atoms with Crippen LogP contribution in [0.5, 0.6) is 0 Å². The number of fused-ring (bicyclic) bond motifs is 2. The third-order valence-corrected chi connectivity index (χ3v) is 6.90. The maximum absolute atomic E-state index is 12.9. The molecule has 0 fully saturated rings. The van der Waals surface area contributed by atoms with E-state index in [1.807, 2.05) is 0 Å². The maximum atomic E-state index is 12.9. The van der Waals surface area contributed by atoms with E-state index in [0.717, 1.165) is 5.52 Å². The van der Waals surface area contributed by atoms with Crippen LogP contribution in [0.25, 0.3) is 22.2 Å². The first-order chi connectivity index (χ1) is 22.9. The van der Waals surface area contributed by atoms with Crippen molar-refractivity contribution in [3.63, 3.8) is 0 Å². The molecule has 6 rings (SSSR count). The van der Waals surface area contributed by atoms with Gasteiger partial charge in [0.05, 0.1) is 21.4 Å². The highest BCUT2D eigenvalue weighted by atomic mass is 35.5. The SMILES string of the molecule is CNc1nc(Cl)ncc1C(F)(F)F.CNc1nc(Nc2cc3nc(C)oc3cc2Cl)ncc1C(F)(F)F.Cc1nc2cc(N)c(Cl)cc2o1. The van der Waals surface area contributed by atoms with E-state index in [9.17, 15) is 26.3 Å². The summed E-state index contributed by atoms with van der Waals surface area (Å²) in [7, 11) is 2.67. The number of nitrogens with zero attached hydrogens (tertiary/aromatic N) is 6. The smallest absolute Gasteiger partial charge is 0.421 e. The van der Waals surface area contributed by atoms with Crippen molar-refractivity contribution in [2.75, 3.05) is 35.8 Å². The molecule has 0 saturated carbocycles. The van der Waals surface area contributed by atoms with Gasteiger partial charge in [-0.3, -0.25) is 0 Å². The summed E-state index contributed by atoms with van der Waals surface area (Å²) in [5.74, 6) is 0.393. The Bertz CT molecular complexity index is 2070. The third kappa shape index (κ3) is 9.21. The molecule has 4 heterocycles. The molecule has 0 unspecified atom stereocenters. The van der Waals surface area contributed by atoms with Gasteiger partial charge in [-0.1, -0.05) is 23.2 Å². The minimum atomic E-state index is -4.55. The number of hydrogen-bond acceptors (Lipinski definition) is 12. The Hall–Kier alpha value is -4.81. The van der Waals surface area contributed by atoms with Gasteiger partial charge in [0.1, 0.15) is 33.8 Å². The van der Waals surface area contributed by atoms with E-state index in [1.54, 1.807) is 38.1 Å². The summed E-state index contributed by atoms with van der Waals surface area (Å²) in [6.45, 7) is 3.48. The number of nitrogens with two attached hydrogens (primary N) is 1. The molecular formula is C28H23Cl3F6N10O2. The second-order valence-electron chi connectivity index (χ2n) is 9.58. The molecule has 0 radical (unpaired) electrons. The normalized spacial score (nSPS) is 11.4. The van der Waals surface area contributed by atoms with E-state index in [1.165, 1.54) is 14.1 Å². The molecule has 0 bridgehead atoms. The molecule has 0 atom stereocenters. The zero-order chi connectivity index (χ0) is 36.3. The van der Waals surface area contributed by atoms with Crippen LogP contribution in [0.3, 0.4) is 0 Å². The summed E-state index contributed by atoms with van der Waals surface area (Å²) < 4.78 is 85.8. The maximum Gasteiger partial charge on any atom is 0.421 e. The van der Waals surface area contributed by atoms with Crippen molar-refractivity contribution in [2.24, 2.45) is 0 Å². The van der Waals surface area contributed by atoms with Gasteiger partial charge in [-0.15, -0.1) is 0 Å². The highest BCUT2D eigenvalue weighted by Crippen LogP contribution is 2.36. The molecule has 49 heavy (non-hydrogen) atoms. The van der Waals surface area contributed by atoms with Crippen molar-refractivity contribution in [1.29, 1.82) is 0 Å². The van der Waals surface area contributed by atoms with Crippen LogP contribution >= 0.6 is 34.8 Å². The lowest BCUT2D eigenvalue weighted by Gasteiger charge is -2.13. The molecule has 0 saturated heterocycles. The predicted octanol–water partition coefficient (Wildman–Crippen LogP) is 8.95. The van der Waals surface area contributed by atoms with Gasteiger partial charge >= 0.3 is 12.4 Å². The van der Waals surface area contributed by atoms with Crippen LogP contribution in [0.4, 0.5) is 55.3 Å². The lowest BCUT2D eigenvalue weighted by Crippen LogP contribution is -2.12. The van der Waals surface area contributed by atoms with Crippen LogP contribution in [0, 0.1) is 13.8 Å². The van der Waals surface area contributed by atoms with Crippen molar-refractivity contribution in [2.45, 2.75) is 26.2 Å². The topological polar surface area (TPSA) is 166 Å². The predicted molar refractivity (Wildman–Crippen MR) is 173 cm³/mol. The van der Waals surface area contributed by atoms with E-state index in [0.29, 0.717) is 62.3 Å². The molecule has 260 valence electrons. The number of rotatable bonds is 4. The Morgan fingerprint density at radius 3 is 1.69 bits per heavy atom. The summed E-state index contributed by atoms with van der Waals surface area (Å²) in [5.41, 5.74) is 7.10. The van der Waals surface area contributed by atoms with Gasteiger partial charge in [0, 0.05) is 52.5 Å². The van der Waals surface area contributed by atoms with Crippen molar-refractivity contribution in [1.82, 2.24) is 29.9 Å².